The van der Waals surface area contributed by atoms with E-state index in [9.17, 15) is 33.6 Å². The number of carbonyl (C=O) groups is 7. The largest absolute Gasteiger partial charge is 0.493 e. The molecule has 2 unspecified atom stereocenters. The van der Waals surface area contributed by atoms with Gasteiger partial charge in [0.15, 0.2) is 29.6 Å². The number of aryl methyl sites for hydroxylation is 1. The lowest BCUT2D eigenvalue weighted by Crippen LogP contribution is -2.52. The van der Waals surface area contributed by atoms with Gasteiger partial charge in [-0.1, -0.05) is 50.5 Å². The SMILES string of the molecule is CC[C@H](C(=O)N1CCCC[C@H]1C(=O)OC(CCc1ccc(OC)c(OC)c1)c1cccc(OCC(=O)NCCCCCCCC(=O)Nc2cccc3c2CN(C2CCC(=O)NC2=O)C3=O)c1)c1cc(OC)c(OC)c(OC)c1. The summed E-state index contributed by atoms with van der Waals surface area (Å²) in [5.74, 6) is -0.0465. The van der Waals surface area contributed by atoms with Crippen molar-refractivity contribution in [3.63, 3.8) is 0 Å². The van der Waals surface area contributed by atoms with Gasteiger partial charge in [0.2, 0.25) is 29.4 Å². The number of unbranched alkanes of at least 4 members (excludes halogenated alkanes) is 4. The van der Waals surface area contributed by atoms with Gasteiger partial charge in [-0.15, -0.1) is 0 Å². The molecule has 7 rings (SSSR count). The van der Waals surface area contributed by atoms with Gasteiger partial charge in [0, 0.05) is 49.3 Å². The molecule has 0 aliphatic carbocycles. The molecule has 0 radical (unpaired) electrons. The molecule has 0 spiro atoms. The Kier molecular flexibility index (Phi) is 20.8. The number of nitrogens with one attached hydrogen (secondary N) is 3. The third-order valence-corrected chi connectivity index (χ3v) is 14.6. The van der Waals surface area contributed by atoms with E-state index in [-0.39, 0.29) is 55.5 Å². The molecule has 4 atom stereocenters. The second-order valence-electron chi connectivity index (χ2n) is 19.6. The maximum absolute atomic E-state index is 14.5. The van der Waals surface area contributed by atoms with E-state index < -0.39 is 36.0 Å². The molecule has 0 bridgehead atoms. The Morgan fingerprint density at radius 3 is 2.19 bits per heavy atom. The number of nitrogens with zero attached hydrogens (tertiary/aromatic N) is 2. The predicted octanol–water partition coefficient (Wildman–Crippen LogP) is 7.76. The number of hydrogen-bond acceptors (Lipinski definition) is 14. The summed E-state index contributed by atoms with van der Waals surface area (Å²) in [7, 11) is 7.72. The number of rotatable bonds is 27. The first-order chi connectivity index (χ1) is 37.8. The van der Waals surface area contributed by atoms with Crippen LogP contribution >= 0.6 is 0 Å². The van der Waals surface area contributed by atoms with Crippen LogP contribution in [-0.4, -0.2) is 119 Å². The lowest BCUT2D eigenvalue weighted by atomic mass is 9.91. The van der Waals surface area contributed by atoms with Crippen LogP contribution in [-0.2, 0) is 46.5 Å². The monoisotopic (exact) mass is 1080 g/mol. The number of carbonyl (C=O) groups excluding carboxylic acids is 7. The van der Waals surface area contributed by atoms with E-state index in [1.165, 1.54) is 26.2 Å². The van der Waals surface area contributed by atoms with E-state index in [0.717, 1.165) is 44.1 Å². The highest BCUT2D eigenvalue weighted by atomic mass is 16.5. The van der Waals surface area contributed by atoms with Crippen LogP contribution in [0.3, 0.4) is 0 Å². The van der Waals surface area contributed by atoms with Gasteiger partial charge < -0.3 is 53.6 Å². The first kappa shape index (κ1) is 57.9. The van der Waals surface area contributed by atoms with Gasteiger partial charge in [-0.25, -0.2) is 4.79 Å². The van der Waals surface area contributed by atoms with Crippen molar-refractivity contribution in [1.29, 1.82) is 0 Å². The zero-order chi connectivity index (χ0) is 55.7. The van der Waals surface area contributed by atoms with E-state index in [2.05, 4.69) is 16.0 Å². The Morgan fingerprint density at radius 2 is 1.47 bits per heavy atom. The topological polar surface area (TPSA) is 227 Å². The molecule has 19 heteroatoms. The third-order valence-electron chi connectivity index (χ3n) is 14.6. The smallest absolute Gasteiger partial charge is 0.329 e. The number of ether oxygens (including phenoxy) is 7. The van der Waals surface area contributed by atoms with Gasteiger partial charge in [-0.2, -0.15) is 0 Å². The summed E-state index contributed by atoms with van der Waals surface area (Å²) in [5.41, 5.74) is 3.90. The molecular formula is C59H73N5O14. The molecule has 3 aliphatic rings. The van der Waals surface area contributed by atoms with Crippen LogP contribution in [0.2, 0.25) is 0 Å². The van der Waals surface area contributed by atoms with Crippen molar-refractivity contribution in [2.75, 3.05) is 60.6 Å². The summed E-state index contributed by atoms with van der Waals surface area (Å²) in [6.07, 6.45) is 7.16. The van der Waals surface area contributed by atoms with E-state index >= 15 is 0 Å². The Morgan fingerprint density at radius 1 is 0.744 bits per heavy atom. The van der Waals surface area contributed by atoms with Crippen molar-refractivity contribution in [2.24, 2.45) is 0 Å². The minimum Gasteiger partial charge on any atom is -0.493 e. The van der Waals surface area contributed by atoms with Gasteiger partial charge in [0.1, 0.15) is 23.9 Å². The molecule has 6 amide bonds. The lowest BCUT2D eigenvalue weighted by Gasteiger charge is -2.37. The highest BCUT2D eigenvalue weighted by Gasteiger charge is 2.41. The second-order valence-corrected chi connectivity index (χ2v) is 19.6. The summed E-state index contributed by atoms with van der Waals surface area (Å²) >= 11 is 0. The number of methoxy groups -OCH3 is 5. The van der Waals surface area contributed by atoms with Crippen LogP contribution in [0.5, 0.6) is 34.5 Å². The molecule has 418 valence electrons. The predicted molar refractivity (Wildman–Crippen MR) is 289 cm³/mol. The first-order valence-electron chi connectivity index (χ1n) is 26.9. The lowest BCUT2D eigenvalue weighted by molar-refractivity contribution is -0.162. The van der Waals surface area contributed by atoms with Crippen LogP contribution in [0.15, 0.2) is 72.8 Å². The maximum atomic E-state index is 14.5. The zero-order valence-corrected chi connectivity index (χ0v) is 45.6. The number of esters is 1. The fourth-order valence-electron chi connectivity index (χ4n) is 10.4. The second kappa shape index (κ2) is 28.0. The summed E-state index contributed by atoms with van der Waals surface area (Å²) in [6, 6.07) is 19.9. The number of piperidine rings is 2. The Bertz CT molecular complexity index is 2780. The van der Waals surface area contributed by atoms with Crippen LogP contribution < -0.4 is 44.4 Å². The summed E-state index contributed by atoms with van der Waals surface area (Å²) in [5, 5.41) is 8.17. The van der Waals surface area contributed by atoms with Gasteiger partial charge in [0.25, 0.3) is 11.8 Å². The van der Waals surface area contributed by atoms with Crippen molar-refractivity contribution < 1.29 is 66.7 Å². The number of likely N-dealkylation sites (tertiary alicyclic amines) is 1. The zero-order valence-electron chi connectivity index (χ0n) is 45.6. The van der Waals surface area contributed by atoms with E-state index in [1.54, 1.807) is 67.7 Å². The van der Waals surface area contributed by atoms with E-state index in [1.807, 2.05) is 31.2 Å². The van der Waals surface area contributed by atoms with Crippen LogP contribution in [0.4, 0.5) is 5.69 Å². The van der Waals surface area contributed by atoms with Crippen molar-refractivity contribution in [3.05, 3.63) is 101 Å². The molecule has 0 aromatic heterocycles. The summed E-state index contributed by atoms with van der Waals surface area (Å²) in [6.45, 7) is 2.71. The molecule has 3 N–H and O–H groups in total. The number of hydrogen-bond donors (Lipinski definition) is 3. The number of amides is 6. The molecule has 3 heterocycles. The molecule has 4 aromatic carbocycles. The van der Waals surface area contributed by atoms with Gasteiger partial charge in [-0.3, -0.25) is 34.1 Å². The van der Waals surface area contributed by atoms with E-state index in [4.69, 9.17) is 33.2 Å². The molecule has 2 fully saturated rings. The quantitative estimate of drug-likeness (QED) is 0.0295. The highest BCUT2D eigenvalue weighted by Crippen LogP contribution is 2.42. The number of imide groups is 1. The average Bonchev–Trinajstić information content (AvgIpc) is 3.86. The number of benzene rings is 4. The van der Waals surface area contributed by atoms with Crippen LogP contribution in [0.1, 0.15) is 135 Å². The van der Waals surface area contributed by atoms with Crippen LogP contribution in [0.25, 0.3) is 0 Å². The summed E-state index contributed by atoms with van der Waals surface area (Å²) in [4.78, 5) is 95.3. The average molecular weight is 1080 g/mol. The molecule has 19 nitrogen and oxygen atoms in total. The number of fused-ring (bicyclic) bond motifs is 1. The molecule has 4 aromatic rings. The third kappa shape index (κ3) is 14.4. The van der Waals surface area contributed by atoms with Gasteiger partial charge >= 0.3 is 5.97 Å². The molecule has 2 saturated heterocycles. The summed E-state index contributed by atoms with van der Waals surface area (Å²) < 4.78 is 40.1. The molecule has 3 aliphatic heterocycles. The Labute approximate surface area is 455 Å². The van der Waals surface area contributed by atoms with Crippen molar-refractivity contribution in [3.8, 4) is 34.5 Å². The Balaban J connectivity index is 0.898. The molecule has 0 saturated carbocycles. The minimum atomic E-state index is -0.819. The highest BCUT2D eigenvalue weighted by molar-refractivity contribution is 6.07. The normalized spacial score (nSPS) is 16.8. The minimum absolute atomic E-state index is 0.160. The maximum Gasteiger partial charge on any atom is 0.329 e. The van der Waals surface area contributed by atoms with Crippen molar-refractivity contribution >= 4 is 47.1 Å². The Hall–Kier alpha value is -7.83. The van der Waals surface area contributed by atoms with Crippen molar-refractivity contribution in [2.45, 2.75) is 127 Å². The standard InChI is InChI=1S/C59H73N5O14/c1-7-41(39-33-50(74-4)55(76-6)51(34-39)75-5)57(69)63-30-14-12-21-46(63)59(71)78-47(26-23-37-24-27-48(72-2)49(31-37)73-3)38-17-15-18-40(32-38)77-36-54(67)60-29-13-10-8-9-11-22-52(65)61-44-20-16-19-42-43(44)35-64(58(42)70)45-25-28-53(66)62-56(45)68/h15-20,24,27,31-34,41,45-47H,7-14,21-23,25-26,28-30,35-36H2,1-6H3,(H,60,67)(H,61,65)(H,62,66,68)/t41-,45?,46-,47?/m0/s1. The number of anilines is 1. The van der Waals surface area contributed by atoms with Gasteiger partial charge in [-0.05, 0) is 123 Å². The first-order valence-corrected chi connectivity index (χ1v) is 26.9. The van der Waals surface area contributed by atoms with E-state index in [0.29, 0.717) is 114 Å². The molecule has 78 heavy (non-hydrogen) atoms. The van der Waals surface area contributed by atoms with Crippen molar-refractivity contribution in [1.82, 2.24) is 20.4 Å². The molecular weight excluding hydrogens is 1000 g/mol. The van der Waals surface area contributed by atoms with Gasteiger partial charge in [0.05, 0.1) is 41.5 Å². The fraction of sp³-hybridized carbons (Fsp3) is 0.475. The van der Waals surface area contributed by atoms with Crippen LogP contribution in [0, 0.1) is 0 Å². The fourth-order valence-corrected chi connectivity index (χ4v) is 10.4.